The van der Waals surface area contributed by atoms with E-state index in [0.717, 1.165) is 32.1 Å². The zero-order chi connectivity index (χ0) is 21.4. The predicted molar refractivity (Wildman–Crippen MR) is 109 cm³/mol. The summed E-state index contributed by atoms with van der Waals surface area (Å²) in [5.74, 6) is -0.546. The van der Waals surface area contributed by atoms with E-state index in [1.165, 1.54) is 12.7 Å². The molecule has 0 radical (unpaired) electrons. The van der Waals surface area contributed by atoms with E-state index in [1.807, 2.05) is 6.92 Å². The van der Waals surface area contributed by atoms with Crippen molar-refractivity contribution in [3.8, 4) is 0 Å². The number of carboxylic acid groups (broad SMARTS) is 1. The molecule has 0 aromatic carbocycles. The topological polar surface area (TPSA) is 83.8 Å². The SMILES string of the molecule is COC(=O)C1(C)CCCC2(C)C1CCC13C=C(C(C)C)C(CC21)CC3(O)C(=O)O. The number of aliphatic hydroxyl groups is 1. The van der Waals surface area contributed by atoms with Crippen LogP contribution in [0.1, 0.15) is 72.6 Å². The molecule has 0 aromatic rings. The Morgan fingerprint density at radius 1 is 1.17 bits per heavy atom. The van der Waals surface area contributed by atoms with Gasteiger partial charge in [-0.2, -0.15) is 0 Å². The lowest BCUT2D eigenvalue weighted by atomic mass is 9.35. The molecule has 2 bridgehead atoms. The Morgan fingerprint density at radius 2 is 1.86 bits per heavy atom. The minimum absolute atomic E-state index is 0.0698. The van der Waals surface area contributed by atoms with Crippen molar-refractivity contribution in [2.75, 3.05) is 7.11 Å². The summed E-state index contributed by atoms with van der Waals surface area (Å²) in [5.41, 5.74) is -1.86. The number of esters is 1. The molecule has 5 aliphatic carbocycles. The van der Waals surface area contributed by atoms with Crippen molar-refractivity contribution in [3.05, 3.63) is 11.6 Å². The fourth-order valence-electron chi connectivity index (χ4n) is 8.38. The number of methoxy groups -OCH3 is 1. The highest BCUT2D eigenvalue weighted by Gasteiger charge is 2.72. The largest absolute Gasteiger partial charge is 0.479 e. The number of carbonyl (C=O) groups is 2. The molecule has 3 saturated carbocycles. The van der Waals surface area contributed by atoms with E-state index in [2.05, 4.69) is 26.8 Å². The number of fused-ring (bicyclic) bond motifs is 2. The van der Waals surface area contributed by atoms with Crippen LogP contribution < -0.4 is 0 Å². The van der Waals surface area contributed by atoms with E-state index < -0.39 is 22.4 Å². The van der Waals surface area contributed by atoms with Gasteiger partial charge in [0, 0.05) is 5.41 Å². The van der Waals surface area contributed by atoms with E-state index in [4.69, 9.17) is 4.74 Å². The van der Waals surface area contributed by atoms with E-state index in [9.17, 15) is 19.8 Å². The lowest BCUT2D eigenvalue weighted by Crippen LogP contribution is -2.70. The van der Waals surface area contributed by atoms with Gasteiger partial charge in [0.1, 0.15) is 0 Å². The van der Waals surface area contributed by atoms with E-state index in [-0.39, 0.29) is 29.1 Å². The Balaban J connectivity index is 1.86. The number of carbonyl (C=O) groups excluding carboxylic acids is 1. The van der Waals surface area contributed by atoms with Crippen LogP contribution in [0.3, 0.4) is 0 Å². The molecule has 0 heterocycles. The van der Waals surface area contributed by atoms with Crippen molar-refractivity contribution in [2.24, 2.45) is 39.9 Å². The Kier molecular flexibility index (Phi) is 4.55. The minimum Gasteiger partial charge on any atom is -0.479 e. The zero-order valence-corrected chi connectivity index (χ0v) is 18.5. The molecule has 0 saturated heterocycles. The molecule has 3 fully saturated rings. The number of carboxylic acids is 1. The van der Waals surface area contributed by atoms with Crippen LogP contribution in [0.15, 0.2) is 11.6 Å². The van der Waals surface area contributed by atoms with Gasteiger partial charge in [-0.3, -0.25) is 4.79 Å². The van der Waals surface area contributed by atoms with Gasteiger partial charge in [-0.1, -0.05) is 38.8 Å². The second-order valence-corrected chi connectivity index (χ2v) is 11.1. The molecule has 0 aromatic heterocycles. The Labute approximate surface area is 173 Å². The molecule has 7 unspecified atom stereocenters. The van der Waals surface area contributed by atoms with Crippen LogP contribution in [0.2, 0.25) is 0 Å². The van der Waals surface area contributed by atoms with Crippen molar-refractivity contribution < 1.29 is 24.5 Å². The van der Waals surface area contributed by atoms with Crippen LogP contribution in [0, 0.1) is 39.9 Å². The number of rotatable bonds is 3. The Bertz CT molecular complexity index is 771. The lowest BCUT2D eigenvalue weighted by molar-refractivity contribution is -0.236. The summed E-state index contributed by atoms with van der Waals surface area (Å²) < 4.78 is 5.22. The summed E-state index contributed by atoms with van der Waals surface area (Å²) in [7, 11) is 1.47. The monoisotopic (exact) mass is 404 g/mol. The predicted octanol–water partition coefficient (Wildman–Crippen LogP) is 4.19. The molecule has 162 valence electrons. The highest BCUT2D eigenvalue weighted by Crippen LogP contribution is 2.73. The van der Waals surface area contributed by atoms with Crippen molar-refractivity contribution in [3.63, 3.8) is 0 Å². The number of hydrogen-bond acceptors (Lipinski definition) is 4. The fourth-order valence-corrected chi connectivity index (χ4v) is 8.38. The highest BCUT2D eigenvalue weighted by atomic mass is 16.5. The summed E-state index contributed by atoms with van der Waals surface area (Å²) in [4.78, 5) is 25.2. The molecular formula is C24H36O5. The van der Waals surface area contributed by atoms with Gasteiger partial charge in [0.25, 0.3) is 0 Å². The number of ether oxygens (including phenoxy) is 1. The van der Waals surface area contributed by atoms with Gasteiger partial charge >= 0.3 is 11.9 Å². The second-order valence-electron chi connectivity index (χ2n) is 11.1. The number of aliphatic carboxylic acids is 1. The van der Waals surface area contributed by atoms with Crippen molar-refractivity contribution >= 4 is 11.9 Å². The van der Waals surface area contributed by atoms with Crippen LogP contribution in [0.4, 0.5) is 0 Å². The second kappa shape index (κ2) is 6.32. The van der Waals surface area contributed by atoms with Crippen LogP contribution in [0.25, 0.3) is 0 Å². The van der Waals surface area contributed by atoms with Gasteiger partial charge in [-0.15, -0.1) is 0 Å². The average molecular weight is 405 g/mol. The van der Waals surface area contributed by atoms with Crippen molar-refractivity contribution in [1.29, 1.82) is 0 Å². The smallest absolute Gasteiger partial charge is 0.336 e. The van der Waals surface area contributed by atoms with Gasteiger partial charge in [0.05, 0.1) is 12.5 Å². The maximum atomic E-state index is 12.8. The maximum absolute atomic E-state index is 12.8. The summed E-state index contributed by atoms with van der Waals surface area (Å²) in [5, 5.41) is 21.7. The van der Waals surface area contributed by atoms with Gasteiger partial charge in [0.15, 0.2) is 5.60 Å². The Hall–Kier alpha value is -1.36. The molecule has 5 nitrogen and oxygen atoms in total. The van der Waals surface area contributed by atoms with Gasteiger partial charge < -0.3 is 14.9 Å². The van der Waals surface area contributed by atoms with Gasteiger partial charge in [-0.25, -0.2) is 4.79 Å². The van der Waals surface area contributed by atoms with Crippen molar-refractivity contribution in [1.82, 2.24) is 0 Å². The van der Waals surface area contributed by atoms with Crippen LogP contribution >= 0.6 is 0 Å². The minimum atomic E-state index is -1.72. The molecule has 7 atom stereocenters. The Morgan fingerprint density at radius 3 is 2.45 bits per heavy atom. The first kappa shape index (κ1) is 20.9. The summed E-state index contributed by atoms with van der Waals surface area (Å²) >= 11 is 0. The lowest BCUT2D eigenvalue weighted by Gasteiger charge is -2.69. The summed E-state index contributed by atoms with van der Waals surface area (Å²) in [6, 6.07) is 0. The molecular weight excluding hydrogens is 368 g/mol. The zero-order valence-electron chi connectivity index (χ0n) is 18.5. The first-order valence-electron chi connectivity index (χ1n) is 11.2. The maximum Gasteiger partial charge on any atom is 0.336 e. The van der Waals surface area contributed by atoms with E-state index in [1.54, 1.807) is 0 Å². The third-order valence-electron chi connectivity index (χ3n) is 9.64. The first-order chi connectivity index (χ1) is 13.5. The van der Waals surface area contributed by atoms with Crippen LogP contribution in [-0.2, 0) is 14.3 Å². The molecule has 29 heavy (non-hydrogen) atoms. The third-order valence-corrected chi connectivity index (χ3v) is 9.64. The van der Waals surface area contributed by atoms with Gasteiger partial charge in [0.2, 0.25) is 0 Å². The average Bonchev–Trinajstić information content (AvgIpc) is 2.66. The summed E-state index contributed by atoms with van der Waals surface area (Å²) in [6.45, 7) is 8.63. The third kappa shape index (κ3) is 2.43. The van der Waals surface area contributed by atoms with Gasteiger partial charge in [-0.05, 0) is 74.5 Å². The highest BCUT2D eigenvalue weighted by molar-refractivity contribution is 5.80. The summed E-state index contributed by atoms with van der Waals surface area (Å²) in [6.07, 6.45) is 7.52. The number of hydrogen-bond donors (Lipinski definition) is 2. The molecule has 5 heteroatoms. The molecule has 0 amide bonds. The number of allylic oxidation sites excluding steroid dienone is 1. The van der Waals surface area contributed by atoms with E-state index >= 15 is 0 Å². The standard InChI is InChI=1S/C24H36O5/c1-14(2)16-13-23-10-7-17-21(3,8-6-9-22(17,4)20(27)29-5)18(23)11-15(16)12-24(23,28)19(25)26/h13-15,17-18,28H,6-12H2,1-5H3,(H,25,26). The first-order valence-corrected chi connectivity index (χ1v) is 11.2. The molecule has 2 N–H and O–H groups in total. The quantitative estimate of drug-likeness (QED) is 0.544. The molecule has 0 aliphatic heterocycles. The normalized spacial score (nSPS) is 48.5. The van der Waals surface area contributed by atoms with Crippen molar-refractivity contribution in [2.45, 2.75) is 78.2 Å². The van der Waals surface area contributed by atoms with E-state index in [0.29, 0.717) is 18.8 Å². The fraction of sp³-hybridized carbons (Fsp3) is 0.833. The molecule has 1 spiro atoms. The molecule has 5 rings (SSSR count). The molecule has 5 aliphatic rings. The van der Waals surface area contributed by atoms with Crippen LogP contribution in [0.5, 0.6) is 0 Å². The van der Waals surface area contributed by atoms with Crippen LogP contribution in [-0.4, -0.2) is 34.9 Å².